The van der Waals surface area contributed by atoms with Gasteiger partial charge in [0.05, 0.1) is 17.9 Å². The van der Waals surface area contributed by atoms with Gasteiger partial charge in [0.15, 0.2) is 0 Å². The van der Waals surface area contributed by atoms with Crippen LogP contribution in [0.2, 0.25) is 0 Å². The SMILES string of the molecule is Cc1c(C(=O)O)cnn1C1CCN(C(=O)c2cc3c(F)cccc3[nH]2)CC1. The number of hydrogen-bond donors (Lipinski definition) is 2. The molecule has 1 aliphatic rings. The summed E-state index contributed by atoms with van der Waals surface area (Å²) < 4.78 is 15.6. The molecular weight excluding hydrogens is 351 g/mol. The van der Waals surface area contributed by atoms with Gasteiger partial charge >= 0.3 is 5.97 Å². The molecule has 1 amide bonds. The van der Waals surface area contributed by atoms with Crippen molar-refractivity contribution in [3.63, 3.8) is 0 Å². The van der Waals surface area contributed by atoms with E-state index in [1.807, 2.05) is 0 Å². The van der Waals surface area contributed by atoms with E-state index in [-0.39, 0.29) is 23.3 Å². The zero-order valence-electron chi connectivity index (χ0n) is 14.8. The standard InChI is InChI=1S/C19H19FN4O3/c1-11-14(19(26)27)10-21-24(11)12-5-7-23(8-6-12)18(25)17-9-13-15(20)3-2-4-16(13)22-17/h2-4,9-10,12,22H,5-8H2,1H3,(H,26,27). The lowest BCUT2D eigenvalue weighted by Gasteiger charge is -2.32. The van der Waals surface area contributed by atoms with Crippen LogP contribution >= 0.6 is 0 Å². The fraction of sp³-hybridized carbons (Fsp3) is 0.316. The first-order valence-electron chi connectivity index (χ1n) is 8.79. The third-order valence-corrected chi connectivity index (χ3v) is 5.21. The Morgan fingerprint density at radius 1 is 1.30 bits per heavy atom. The second-order valence-corrected chi connectivity index (χ2v) is 6.80. The highest BCUT2D eigenvalue weighted by Gasteiger charge is 2.27. The van der Waals surface area contributed by atoms with Crippen molar-refractivity contribution in [2.75, 3.05) is 13.1 Å². The largest absolute Gasteiger partial charge is 0.478 e. The summed E-state index contributed by atoms with van der Waals surface area (Å²) in [6, 6.07) is 6.32. The number of aromatic nitrogens is 3. The molecule has 0 radical (unpaired) electrons. The van der Waals surface area contributed by atoms with E-state index in [1.165, 1.54) is 12.3 Å². The molecule has 0 aliphatic carbocycles. The number of nitrogens with one attached hydrogen (secondary N) is 1. The quantitative estimate of drug-likeness (QED) is 0.741. The summed E-state index contributed by atoms with van der Waals surface area (Å²) >= 11 is 0. The molecule has 1 saturated heterocycles. The van der Waals surface area contributed by atoms with E-state index in [9.17, 15) is 14.0 Å². The van der Waals surface area contributed by atoms with E-state index < -0.39 is 5.97 Å². The lowest BCUT2D eigenvalue weighted by Crippen LogP contribution is -2.39. The number of H-pyrrole nitrogens is 1. The fourth-order valence-corrected chi connectivity index (χ4v) is 3.72. The summed E-state index contributed by atoms with van der Waals surface area (Å²) in [5.74, 6) is -1.50. The molecule has 1 aliphatic heterocycles. The van der Waals surface area contributed by atoms with Gasteiger partial charge in [-0.1, -0.05) is 6.07 Å². The first-order chi connectivity index (χ1) is 13.0. The number of likely N-dealkylation sites (tertiary alicyclic amines) is 1. The molecule has 1 aromatic carbocycles. The molecule has 0 unspecified atom stereocenters. The van der Waals surface area contributed by atoms with Crippen LogP contribution in [0.25, 0.3) is 10.9 Å². The molecule has 2 N–H and O–H groups in total. The highest BCUT2D eigenvalue weighted by atomic mass is 19.1. The third-order valence-electron chi connectivity index (χ3n) is 5.21. The number of hydrogen-bond acceptors (Lipinski definition) is 3. The maximum atomic E-state index is 13.8. The van der Waals surface area contributed by atoms with Crippen LogP contribution in [0.4, 0.5) is 4.39 Å². The number of rotatable bonds is 3. The first kappa shape index (κ1) is 17.3. The highest BCUT2D eigenvalue weighted by Crippen LogP contribution is 2.26. The van der Waals surface area contributed by atoms with Crippen molar-refractivity contribution in [3.8, 4) is 0 Å². The first-order valence-corrected chi connectivity index (χ1v) is 8.79. The van der Waals surface area contributed by atoms with Gasteiger partial charge in [0.2, 0.25) is 0 Å². The number of aromatic amines is 1. The normalized spacial score (nSPS) is 15.4. The topological polar surface area (TPSA) is 91.2 Å². The Kier molecular flexibility index (Phi) is 4.18. The molecule has 3 heterocycles. The van der Waals surface area contributed by atoms with Crippen LogP contribution in [0.3, 0.4) is 0 Å². The minimum absolute atomic E-state index is 0.0577. The summed E-state index contributed by atoms with van der Waals surface area (Å²) in [5, 5.41) is 13.8. The molecule has 140 valence electrons. The number of amides is 1. The third kappa shape index (κ3) is 2.97. The van der Waals surface area contributed by atoms with Crippen molar-refractivity contribution < 1.29 is 19.1 Å². The summed E-state index contributed by atoms with van der Waals surface area (Å²) in [6.07, 6.45) is 2.73. The van der Waals surface area contributed by atoms with Crippen molar-refractivity contribution in [1.29, 1.82) is 0 Å². The van der Waals surface area contributed by atoms with Crippen molar-refractivity contribution in [2.45, 2.75) is 25.8 Å². The van der Waals surface area contributed by atoms with Gasteiger partial charge in [-0.25, -0.2) is 9.18 Å². The molecular formula is C19H19FN4O3. The molecule has 1 fully saturated rings. The maximum Gasteiger partial charge on any atom is 0.339 e. The second kappa shape index (κ2) is 6.53. The molecule has 0 bridgehead atoms. The van der Waals surface area contributed by atoms with Gasteiger partial charge < -0.3 is 15.0 Å². The lowest BCUT2D eigenvalue weighted by atomic mass is 10.0. The Hall–Kier alpha value is -3.16. The zero-order valence-corrected chi connectivity index (χ0v) is 14.8. The number of carboxylic acid groups (broad SMARTS) is 1. The van der Waals surface area contributed by atoms with Crippen LogP contribution in [0.1, 0.15) is 45.4 Å². The van der Waals surface area contributed by atoms with Crippen LogP contribution in [0, 0.1) is 12.7 Å². The predicted octanol–water partition coefficient (Wildman–Crippen LogP) is 2.99. The number of benzene rings is 1. The number of nitrogens with zero attached hydrogens (tertiary/aromatic N) is 3. The molecule has 7 nitrogen and oxygen atoms in total. The average Bonchev–Trinajstić information content (AvgIpc) is 3.26. The van der Waals surface area contributed by atoms with Crippen molar-refractivity contribution in [2.24, 2.45) is 0 Å². The molecule has 2 aromatic heterocycles. The minimum Gasteiger partial charge on any atom is -0.478 e. The van der Waals surface area contributed by atoms with Crippen LogP contribution < -0.4 is 0 Å². The number of carboxylic acids is 1. The van der Waals surface area contributed by atoms with E-state index in [1.54, 1.807) is 34.7 Å². The van der Waals surface area contributed by atoms with E-state index in [0.29, 0.717) is 48.2 Å². The van der Waals surface area contributed by atoms with Crippen molar-refractivity contribution in [3.05, 3.63) is 53.2 Å². The molecule has 27 heavy (non-hydrogen) atoms. The Balaban J connectivity index is 1.48. The number of piperidine rings is 1. The molecule has 0 atom stereocenters. The molecule has 0 spiro atoms. The summed E-state index contributed by atoms with van der Waals surface area (Å²) in [4.78, 5) is 28.7. The lowest BCUT2D eigenvalue weighted by molar-refractivity contribution is 0.0683. The number of aromatic carboxylic acids is 1. The molecule has 3 aromatic rings. The monoisotopic (exact) mass is 370 g/mol. The van der Waals surface area contributed by atoms with Crippen LogP contribution in [0.15, 0.2) is 30.5 Å². The number of carbonyl (C=O) groups excluding carboxylic acids is 1. The highest BCUT2D eigenvalue weighted by molar-refractivity contribution is 5.98. The van der Waals surface area contributed by atoms with Crippen molar-refractivity contribution >= 4 is 22.8 Å². The summed E-state index contributed by atoms with van der Waals surface area (Å²) in [6.45, 7) is 2.80. The minimum atomic E-state index is -0.989. The van der Waals surface area contributed by atoms with E-state index in [0.717, 1.165) is 0 Å². The van der Waals surface area contributed by atoms with E-state index in [4.69, 9.17) is 5.11 Å². The second-order valence-electron chi connectivity index (χ2n) is 6.80. The fourth-order valence-electron chi connectivity index (χ4n) is 3.72. The van der Waals surface area contributed by atoms with Gasteiger partial charge in [-0.05, 0) is 38.0 Å². The van der Waals surface area contributed by atoms with Gasteiger partial charge in [-0.15, -0.1) is 0 Å². The predicted molar refractivity (Wildman–Crippen MR) is 96.4 cm³/mol. The van der Waals surface area contributed by atoms with E-state index in [2.05, 4.69) is 10.1 Å². The Labute approximate surface area is 154 Å². The Morgan fingerprint density at radius 2 is 2.04 bits per heavy atom. The van der Waals surface area contributed by atoms with Crippen LogP contribution in [0.5, 0.6) is 0 Å². The number of carbonyl (C=O) groups is 2. The van der Waals surface area contributed by atoms with Gasteiger partial charge in [0.25, 0.3) is 5.91 Å². The van der Waals surface area contributed by atoms with Gasteiger partial charge in [-0.2, -0.15) is 5.10 Å². The molecule has 4 rings (SSSR count). The summed E-state index contributed by atoms with van der Waals surface area (Å²) in [7, 11) is 0. The average molecular weight is 370 g/mol. The van der Waals surface area contributed by atoms with Gasteiger partial charge in [0.1, 0.15) is 17.1 Å². The smallest absolute Gasteiger partial charge is 0.339 e. The Bertz CT molecular complexity index is 1030. The van der Waals surface area contributed by atoms with Crippen LogP contribution in [-0.2, 0) is 0 Å². The molecule has 8 heteroatoms. The van der Waals surface area contributed by atoms with Crippen molar-refractivity contribution in [1.82, 2.24) is 19.7 Å². The number of halogens is 1. The van der Waals surface area contributed by atoms with Gasteiger partial charge in [0, 0.05) is 24.0 Å². The summed E-state index contributed by atoms with van der Waals surface area (Å²) in [5.41, 5.74) is 1.80. The number of fused-ring (bicyclic) bond motifs is 1. The Morgan fingerprint density at radius 3 is 2.67 bits per heavy atom. The maximum absolute atomic E-state index is 13.8. The zero-order chi connectivity index (χ0) is 19.1. The molecule has 0 saturated carbocycles. The van der Waals surface area contributed by atoms with E-state index >= 15 is 0 Å². The van der Waals surface area contributed by atoms with Gasteiger partial charge in [-0.3, -0.25) is 9.48 Å². The van der Waals surface area contributed by atoms with Crippen LogP contribution in [-0.4, -0.2) is 49.7 Å².